The van der Waals surface area contributed by atoms with Gasteiger partial charge in [-0.2, -0.15) is 0 Å². The highest BCUT2D eigenvalue weighted by Crippen LogP contribution is 2.31. The Morgan fingerprint density at radius 2 is 2.40 bits per heavy atom. The summed E-state index contributed by atoms with van der Waals surface area (Å²) in [6, 6.07) is 0. The molecular weight excluding hydrogens is 126 g/mol. The third-order valence-electron chi connectivity index (χ3n) is 2.40. The van der Waals surface area contributed by atoms with E-state index < -0.39 is 0 Å². The maximum Gasteiger partial charge on any atom is 0.0535 e. The van der Waals surface area contributed by atoms with Crippen molar-refractivity contribution in [2.75, 3.05) is 19.8 Å². The standard InChI is InChI=1S/C8H17NO/c1-2-3-8(6-9)4-5-10-7-8/h2-7,9H2,1H3. The van der Waals surface area contributed by atoms with Crippen LogP contribution in [-0.4, -0.2) is 19.8 Å². The van der Waals surface area contributed by atoms with Crippen molar-refractivity contribution >= 4 is 0 Å². The van der Waals surface area contributed by atoms with Crippen LogP contribution in [0, 0.1) is 5.41 Å². The second kappa shape index (κ2) is 3.35. The van der Waals surface area contributed by atoms with E-state index in [0.717, 1.165) is 26.2 Å². The van der Waals surface area contributed by atoms with Gasteiger partial charge in [0.2, 0.25) is 0 Å². The van der Waals surface area contributed by atoms with Gasteiger partial charge in [-0.1, -0.05) is 13.3 Å². The summed E-state index contributed by atoms with van der Waals surface area (Å²) in [4.78, 5) is 0. The molecule has 0 aromatic carbocycles. The number of ether oxygens (including phenoxy) is 1. The molecule has 0 spiro atoms. The Kier molecular flexibility index (Phi) is 2.69. The van der Waals surface area contributed by atoms with Crippen LogP contribution in [0.5, 0.6) is 0 Å². The van der Waals surface area contributed by atoms with Crippen molar-refractivity contribution in [1.82, 2.24) is 0 Å². The zero-order valence-electron chi connectivity index (χ0n) is 6.73. The Morgan fingerprint density at radius 3 is 2.80 bits per heavy atom. The Balaban J connectivity index is 2.41. The normalized spacial score (nSPS) is 33.0. The minimum atomic E-state index is 0.342. The maximum atomic E-state index is 5.67. The fourth-order valence-corrected chi connectivity index (χ4v) is 1.64. The first-order chi connectivity index (χ1) is 4.83. The molecule has 0 aromatic heterocycles. The summed E-state index contributed by atoms with van der Waals surface area (Å²) in [6.07, 6.45) is 3.61. The van der Waals surface area contributed by atoms with Gasteiger partial charge in [-0.25, -0.2) is 0 Å². The third kappa shape index (κ3) is 1.50. The molecule has 1 saturated heterocycles. The molecule has 2 heteroatoms. The molecule has 0 saturated carbocycles. The number of hydrogen-bond acceptors (Lipinski definition) is 2. The molecule has 1 aliphatic rings. The summed E-state index contributed by atoms with van der Waals surface area (Å²) in [5, 5.41) is 0. The second-order valence-electron chi connectivity index (χ2n) is 3.26. The van der Waals surface area contributed by atoms with Crippen LogP contribution < -0.4 is 5.73 Å². The van der Waals surface area contributed by atoms with Gasteiger partial charge in [0, 0.05) is 18.6 Å². The molecule has 2 N–H and O–H groups in total. The zero-order chi connectivity index (χ0) is 7.45. The van der Waals surface area contributed by atoms with Crippen LogP contribution in [0.3, 0.4) is 0 Å². The molecule has 0 radical (unpaired) electrons. The van der Waals surface area contributed by atoms with Crippen LogP contribution in [0.1, 0.15) is 26.2 Å². The van der Waals surface area contributed by atoms with Gasteiger partial charge >= 0.3 is 0 Å². The molecule has 1 aliphatic heterocycles. The van der Waals surface area contributed by atoms with E-state index in [1.165, 1.54) is 12.8 Å². The van der Waals surface area contributed by atoms with Gasteiger partial charge in [-0.15, -0.1) is 0 Å². The number of nitrogens with two attached hydrogens (primary N) is 1. The quantitative estimate of drug-likeness (QED) is 0.643. The summed E-state index contributed by atoms with van der Waals surface area (Å²) in [5.74, 6) is 0. The van der Waals surface area contributed by atoms with Crippen LogP contribution in [0.4, 0.5) is 0 Å². The van der Waals surface area contributed by atoms with Gasteiger partial charge in [0.25, 0.3) is 0 Å². The van der Waals surface area contributed by atoms with Gasteiger partial charge in [-0.3, -0.25) is 0 Å². The predicted molar refractivity (Wildman–Crippen MR) is 41.8 cm³/mol. The zero-order valence-corrected chi connectivity index (χ0v) is 6.73. The molecule has 1 heterocycles. The first-order valence-corrected chi connectivity index (χ1v) is 4.11. The fraction of sp³-hybridized carbons (Fsp3) is 1.00. The molecule has 0 aliphatic carbocycles. The molecule has 1 atom stereocenters. The van der Waals surface area contributed by atoms with E-state index in [2.05, 4.69) is 6.92 Å². The highest BCUT2D eigenvalue weighted by atomic mass is 16.5. The lowest BCUT2D eigenvalue weighted by molar-refractivity contribution is 0.149. The summed E-state index contributed by atoms with van der Waals surface area (Å²) in [7, 11) is 0. The molecular formula is C8H17NO. The van der Waals surface area contributed by atoms with E-state index >= 15 is 0 Å². The van der Waals surface area contributed by atoms with Crippen molar-refractivity contribution in [3.63, 3.8) is 0 Å². The summed E-state index contributed by atoms with van der Waals surface area (Å²) in [6.45, 7) is 4.80. The Bertz CT molecular complexity index is 97.4. The molecule has 1 rings (SSSR count). The van der Waals surface area contributed by atoms with Crippen molar-refractivity contribution in [3.8, 4) is 0 Å². The highest BCUT2D eigenvalue weighted by Gasteiger charge is 2.32. The second-order valence-corrected chi connectivity index (χ2v) is 3.26. The van der Waals surface area contributed by atoms with E-state index in [1.807, 2.05) is 0 Å². The van der Waals surface area contributed by atoms with Crippen LogP contribution in [0.15, 0.2) is 0 Å². The molecule has 2 nitrogen and oxygen atoms in total. The topological polar surface area (TPSA) is 35.2 Å². The van der Waals surface area contributed by atoms with Crippen LogP contribution >= 0.6 is 0 Å². The van der Waals surface area contributed by atoms with E-state index in [1.54, 1.807) is 0 Å². The lowest BCUT2D eigenvalue weighted by Gasteiger charge is -2.24. The minimum absolute atomic E-state index is 0.342. The minimum Gasteiger partial charge on any atom is -0.381 e. The fourth-order valence-electron chi connectivity index (χ4n) is 1.64. The van der Waals surface area contributed by atoms with E-state index in [-0.39, 0.29) is 0 Å². The smallest absolute Gasteiger partial charge is 0.0535 e. The van der Waals surface area contributed by atoms with E-state index in [4.69, 9.17) is 10.5 Å². The average Bonchev–Trinajstić information content (AvgIpc) is 2.39. The highest BCUT2D eigenvalue weighted by molar-refractivity contribution is 4.83. The third-order valence-corrected chi connectivity index (χ3v) is 2.40. The molecule has 1 fully saturated rings. The van der Waals surface area contributed by atoms with Crippen LogP contribution in [-0.2, 0) is 4.74 Å². The van der Waals surface area contributed by atoms with Gasteiger partial charge in [0.1, 0.15) is 0 Å². The number of rotatable bonds is 3. The summed E-state index contributed by atoms with van der Waals surface area (Å²) in [5.41, 5.74) is 6.02. The molecule has 10 heavy (non-hydrogen) atoms. The first kappa shape index (κ1) is 8.02. The molecule has 0 amide bonds. The molecule has 1 unspecified atom stereocenters. The van der Waals surface area contributed by atoms with E-state index in [0.29, 0.717) is 5.41 Å². The Labute approximate surface area is 62.7 Å². The van der Waals surface area contributed by atoms with Crippen molar-refractivity contribution in [1.29, 1.82) is 0 Å². The lowest BCUT2D eigenvalue weighted by Crippen LogP contribution is -2.30. The summed E-state index contributed by atoms with van der Waals surface area (Å²) < 4.78 is 5.32. The van der Waals surface area contributed by atoms with Crippen molar-refractivity contribution in [2.45, 2.75) is 26.2 Å². The predicted octanol–water partition coefficient (Wildman–Crippen LogP) is 1.15. The maximum absolute atomic E-state index is 5.67. The Morgan fingerprint density at radius 1 is 1.60 bits per heavy atom. The molecule has 60 valence electrons. The lowest BCUT2D eigenvalue weighted by atomic mass is 9.83. The SMILES string of the molecule is CCCC1(CN)CCOC1. The van der Waals surface area contributed by atoms with Crippen molar-refractivity contribution in [2.24, 2.45) is 11.1 Å². The van der Waals surface area contributed by atoms with E-state index in [9.17, 15) is 0 Å². The van der Waals surface area contributed by atoms with Gasteiger partial charge in [0.05, 0.1) is 6.61 Å². The number of hydrogen-bond donors (Lipinski definition) is 1. The van der Waals surface area contributed by atoms with Crippen LogP contribution in [0.2, 0.25) is 0 Å². The van der Waals surface area contributed by atoms with Gasteiger partial charge in [0.15, 0.2) is 0 Å². The van der Waals surface area contributed by atoms with Crippen LogP contribution in [0.25, 0.3) is 0 Å². The molecule has 0 bridgehead atoms. The Hall–Kier alpha value is -0.0800. The summed E-state index contributed by atoms with van der Waals surface area (Å²) >= 11 is 0. The first-order valence-electron chi connectivity index (χ1n) is 4.11. The average molecular weight is 143 g/mol. The monoisotopic (exact) mass is 143 g/mol. The van der Waals surface area contributed by atoms with Gasteiger partial charge in [-0.05, 0) is 12.8 Å². The van der Waals surface area contributed by atoms with Gasteiger partial charge < -0.3 is 10.5 Å². The van der Waals surface area contributed by atoms with Crippen molar-refractivity contribution < 1.29 is 4.74 Å². The molecule has 0 aromatic rings. The van der Waals surface area contributed by atoms with Crippen molar-refractivity contribution in [3.05, 3.63) is 0 Å². The largest absolute Gasteiger partial charge is 0.381 e.